The maximum Gasteiger partial charge on any atom is 0.472 e. The van der Waals surface area contributed by atoms with Crippen molar-refractivity contribution < 1.29 is 37.3 Å². The Morgan fingerprint density at radius 2 is 1.18 bits per heavy atom. The summed E-state index contributed by atoms with van der Waals surface area (Å²) in [6.07, 6.45) is 37.4. The van der Waals surface area contributed by atoms with Crippen LogP contribution in [0.3, 0.4) is 0 Å². The van der Waals surface area contributed by atoms with Crippen molar-refractivity contribution in [2.75, 3.05) is 54.1 Å². The number of phosphoric ester groups is 1. The first kappa shape index (κ1) is 47.7. The summed E-state index contributed by atoms with van der Waals surface area (Å²) in [5.74, 6) is -0.331. The first-order valence-electron chi connectivity index (χ1n) is 19.7. The van der Waals surface area contributed by atoms with Gasteiger partial charge in [0.1, 0.15) is 19.3 Å². The van der Waals surface area contributed by atoms with Gasteiger partial charge in [-0.1, -0.05) is 140 Å². The molecule has 0 saturated heterocycles. The van der Waals surface area contributed by atoms with E-state index in [1.807, 2.05) is 21.1 Å². The van der Waals surface area contributed by atoms with E-state index in [0.717, 1.165) is 70.6 Å². The Morgan fingerprint density at radius 1 is 0.653 bits per heavy atom. The van der Waals surface area contributed by atoms with Crippen LogP contribution in [0.25, 0.3) is 0 Å². The van der Waals surface area contributed by atoms with E-state index in [2.05, 4.69) is 50.3 Å². The lowest BCUT2D eigenvalue weighted by atomic mass is 10.1. The van der Waals surface area contributed by atoms with Gasteiger partial charge >= 0.3 is 13.8 Å². The van der Waals surface area contributed by atoms with Crippen molar-refractivity contribution in [1.29, 1.82) is 0 Å². The van der Waals surface area contributed by atoms with Crippen LogP contribution in [0.15, 0.2) is 36.5 Å². The standard InChI is InChI=1S/C40H76NO7P/c1-6-8-10-12-14-16-18-20-21-22-23-25-27-29-31-33-40(42)48-39(38-47-49(43,44)46-36-34-41(3,4)5)37-45-35-32-30-28-26-24-19-17-15-13-11-9-7-2/h8,10,14,16,20-21,39H,6-7,9,11-13,15,17-19,22-38H2,1-5H3/p+1/b10-8-,16-14-,21-20-. The molecule has 0 aromatic heterocycles. The molecular formula is C40H77NO7P+. The molecule has 0 aromatic rings. The smallest absolute Gasteiger partial charge is 0.457 e. The molecule has 0 radical (unpaired) electrons. The monoisotopic (exact) mass is 715 g/mol. The Labute approximate surface area is 302 Å². The van der Waals surface area contributed by atoms with Crippen LogP contribution in [0.4, 0.5) is 0 Å². The van der Waals surface area contributed by atoms with Crippen molar-refractivity contribution in [3.63, 3.8) is 0 Å². The van der Waals surface area contributed by atoms with Gasteiger partial charge in [-0.25, -0.2) is 4.57 Å². The Morgan fingerprint density at radius 3 is 1.78 bits per heavy atom. The van der Waals surface area contributed by atoms with Crippen molar-refractivity contribution >= 4 is 13.8 Å². The van der Waals surface area contributed by atoms with Crippen LogP contribution in [0.1, 0.15) is 155 Å². The normalized spacial score (nSPS) is 14.3. The summed E-state index contributed by atoms with van der Waals surface area (Å²) in [5, 5.41) is 0. The fourth-order valence-corrected chi connectivity index (χ4v) is 5.90. The Kier molecular flexibility index (Phi) is 33.0. The van der Waals surface area contributed by atoms with E-state index in [1.165, 1.54) is 64.2 Å². The molecule has 2 atom stereocenters. The molecular weight excluding hydrogens is 637 g/mol. The molecule has 0 rings (SSSR count). The van der Waals surface area contributed by atoms with Gasteiger partial charge in [-0.15, -0.1) is 0 Å². The van der Waals surface area contributed by atoms with Crippen LogP contribution < -0.4 is 0 Å². The van der Waals surface area contributed by atoms with Gasteiger partial charge in [0.05, 0.1) is 34.4 Å². The maximum atomic E-state index is 12.6. The molecule has 0 aliphatic rings. The van der Waals surface area contributed by atoms with Crippen LogP contribution in [0.2, 0.25) is 0 Å². The van der Waals surface area contributed by atoms with E-state index in [-0.39, 0.29) is 25.8 Å². The number of hydrogen-bond donors (Lipinski definition) is 1. The van der Waals surface area contributed by atoms with Gasteiger partial charge in [0, 0.05) is 13.0 Å². The molecule has 0 aromatic carbocycles. The molecule has 0 aliphatic heterocycles. The lowest BCUT2D eigenvalue weighted by Crippen LogP contribution is -2.37. The van der Waals surface area contributed by atoms with E-state index in [1.54, 1.807) is 0 Å². The van der Waals surface area contributed by atoms with Gasteiger partial charge in [-0.3, -0.25) is 13.8 Å². The highest BCUT2D eigenvalue weighted by Gasteiger charge is 2.26. The van der Waals surface area contributed by atoms with Crippen molar-refractivity contribution in [1.82, 2.24) is 0 Å². The number of allylic oxidation sites excluding steroid dienone is 6. The minimum atomic E-state index is -4.27. The number of likely N-dealkylation sites (N-methyl/N-ethyl adjacent to an activating group) is 1. The number of quaternary nitrogens is 1. The highest BCUT2D eigenvalue weighted by molar-refractivity contribution is 7.47. The van der Waals surface area contributed by atoms with Crippen LogP contribution >= 0.6 is 7.82 Å². The minimum Gasteiger partial charge on any atom is -0.457 e. The second-order valence-electron chi connectivity index (χ2n) is 14.3. The van der Waals surface area contributed by atoms with E-state index >= 15 is 0 Å². The highest BCUT2D eigenvalue weighted by atomic mass is 31.2. The summed E-state index contributed by atoms with van der Waals surface area (Å²) in [4.78, 5) is 22.8. The number of phosphoric acid groups is 1. The summed E-state index contributed by atoms with van der Waals surface area (Å²) in [6.45, 7) is 5.48. The van der Waals surface area contributed by atoms with Crippen molar-refractivity contribution in [3.8, 4) is 0 Å². The molecule has 0 spiro atoms. The first-order chi connectivity index (χ1) is 23.6. The number of unbranched alkanes of at least 4 members (excludes halogenated alkanes) is 16. The number of esters is 1. The zero-order valence-corrected chi connectivity index (χ0v) is 33.3. The Hall–Kier alpha value is -1.28. The van der Waals surface area contributed by atoms with Crippen molar-refractivity contribution in [2.24, 2.45) is 0 Å². The average Bonchev–Trinajstić information content (AvgIpc) is 3.04. The van der Waals surface area contributed by atoms with E-state index in [9.17, 15) is 14.3 Å². The number of hydrogen-bond acceptors (Lipinski definition) is 6. The fraction of sp³-hybridized carbons (Fsp3) is 0.825. The third kappa shape index (κ3) is 37.8. The lowest BCUT2D eigenvalue weighted by molar-refractivity contribution is -0.870. The summed E-state index contributed by atoms with van der Waals surface area (Å²) >= 11 is 0. The van der Waals surface area contributed by atoms with E-state index in [0.29, 0.717) is 24.1 Å². The SMILES string of the molecule is CC/C=C\C/C=C\C/C=C\CCCCCCCC(=O)OC(COCCCCCCCCCCCCCC)COP(=O)(O)OCC[N+](C)(C)C. The van der Waals surface area contributed by atoms with Gasteiger partial charge in [-0.05, 0) is 44.9 Å². The zero-order valence-electron chi connectivity index (χ0n) is 32.4. The van der Waals surface area contributed by atoms with Crippen molar-refractivity contribution in [2.45, 2.75) is 161 Å². The second kappa shape index (κ2) is 33.8. The quantitative estimate of drug-likeness (QED) is 0.0227. The molecule has 0 heterocycles. The maximum absolute atomic E-state index is 12.6. The molecule has 0 fully saturated rings. The van der Waals surface area contributed by atoms with Crippen LogP contribution in [-0.2, 0) is 27.9 Å². The molecule has 0 amide bonds. The van der Waals surface area contributed by atoms with Gasteiger partial charge in [-0.2, -0.15) is 0 Å². The molecule has 0 saturated carbocycles. The summed E-state index contributed by atoms with van der Waals surface area (Å²) in [7, 11) is 1.65. The first-order valence-corrected chi connectivity index (χ1v) is 21.2. The largest absolute Gasteiger partial charge is 0.472 e. The minimum absolute atomic E-state index is 0.0853. The van der Waals surface area contributed by atoms with E-state index < -0.39 is 13.9 Å². The molecule has 9 heteroatoms. The summed E-state index contributed by atoms with van der Waals surface area (Å²) < 4.78 is 34.8. The Bertz CT molecular complexity index is 884. The number of carbonyl (C=O) groups excluding carboxylic acids is 1. The second-order valence-corrected chi connectivity index (χ2v) is 15.7. The predicted molar refractivity (Wildman–Crippen MR) is 206 cm³/mol. The van der Waals surface area contributed by atoms with Gasteiger partial charge in [0.15, 0.2) is 0 Å². The summed E-state index contributed by atoms with van der Waals surface area (Å²) in [6, 6.07) is 0. The van der Waals surface area contributed by atoms with Crippen LogP contribution in [0, 0.1) is 0 Å². The van der Waals surface area contributed by atoms with Crippen molar-refractivity contribution in [3.05, 3.63) is 36.5 Å². The molecule has 49 heavy (non-hydrogen) atoms. The molecule has 0 aliphatic carbocycles. The number of nitrogens with zero attached hydrogens (tertiary/aromatic N) is 1. The van der Waals surface area contributed by atoms with Crippen LogP contribution in [-0.4, -0.2) is 75.6 Å². The molecule has 8 nitrogen and oxygen atoms in total. The average molecular weight is 715 g/mol. The van der Waals surface area contributed by atoms with Gasteiger partial charge in [0.2, 0.25) is 0 Å². The molecule has 288 valence electrons. The number of carbonyl (C=O) groups is 1. The summed E-state index contributed by atoms with van der Waals surface area (Å²) in [5.41, 5.74) is 0. The third-order valence-electron chi connectivity index (χ3n) is 8.22. The van der Waals surface area contributed by atoms with Crippen LogP contribution in [0.5, 0.6) is 0 Å². The molecule has 0 bridgehead atoms. The van der Waals surface area contributed by atoms with Gasteiger partial charge < -0.3 is 18.9 Å². The fourth-order valence-electron chi connectivity index (χ4n) is 5.15. The zero-order chi connectivity index (χ0) is 36.3. The topological polar surface area (TPSA) is 91.3 Å². The number of rotatable bonds is 36. The lowest BCUT2D eigenvalue weighted by Gasteiger charge is -2.24. The molecule has 2 unspecified atom stereocenters. The third-order valence-corrected chi connectivity index (χ3v) is 9.20. The predicted octanol–water partition coefficient (Wildman–Crippen LogP) is 11.0. The van der Waals surface area contributed by atoms with E-state index in [4.69, 9.17) is 18.5 Å². The molecule has 1 N–H and O–H groups in total. The number of ether oxygens (including phenoxy) is 2. The highest BCUT2D eigenvalue weighted by Crippen LogP contribution is 2.43. The van der Waals surface area contributed by atoms with Gasteiger partial charge in [0.25, 0.3) is 0 Å². The Balaban J connectivity index is 4.32.